The number of hydrogen-bond acceptors (Lipinski definition) is 3. The number of benzene rings is 1. The molecule has 0 fully saturated rings. The van der Waals surface area contributed by atoms with E-state index in [1.807, 2.05) is 25.1 Å². The third kappa shape index (κ3) is 7.02. The molecule has 94 valence electrons. The quantitative estimate of drug-likeness (QED) is 0.576. The molecule has 0 aliphatic carbocycles. The molecule has 1 unspecified atom stereocenters. The molecule has 0 aliphatic heterocycles. The SMILES string of the molecule is CC(N)CCC(=O)NCCSc1ccccc1. The van der Waals surface area contributed by atoms with Gasteiger partial charge in [0.15, 0.2) is 0 Å². The third-order valence-corrected chi connectivity index (χ3v) is 3.28. The van der Waals surface area contributed by atoms with Crippen LogP contribution in [-0.2, 0) is 4.79 Å². The number of amides is 1. The van der Waals surface area contributed by atoms with Crippen LogP contribution in [0, 0.1) is 0 Å². The average molecular weight is 252 g/mol. The first kappa shape index (κ1) is 14.1. The topological polar surface area (TPSA) is 55.1 Å². The smallest absolute Gasteiger partial charge is 0.220 e. The highest BCUT2D eigenvalue weighted by Crippen LogP contribution is 2.15. The molecule has 1 aromatic rings. The van der Waals surface area contributed by atoms with Crippen molar-refractivity contribution in [2.45, 2.75) is 30.7 Å². The number of carbonyl (C=O) groups excluding carboxylic acids is 1. The second-order valence-corrected chi connectivity index (χ2v) is 5.20. The van der Waals surface area contributed by atoms with Crippen molar-refractivity contribution in [3.63, 3.8) is 0 Å². The molecule has 3 N–H and O–H groups in total. The van der Waals surface area contributed by atoms with Crippen molar-refractivity contribution in [1.82, 2.24) is 5.32 Å². The molecule has 17 heavy (non-hydrogen) atoms. The summed E-state index contributed by atoms with van der Waals surface area (Å²) in [6, 6.07) is 10.3. The van der Waals surface area contributed by atoms with Gasteiger partial charge in [0.05, 0.1) is 0 Å². The maximum absolute atomic E-state index is 11.4. The normalized spacial score (nSPS) is 12.1. The highest BCUT2D eigenvalue weighted by Gasteiger charge is 2.02. The van der Waals surface area contributed by atoms with Gasteiger partial charge in [-0.05, 0) is 25.5 Å². The Balaban J connectivity index is 2.06. The molecule has 0 saturated heterocycles. The summed E-state index contributed by atoms with van der Waals surface area (Å²) in [6.07, 6.45) is 1.27. The van der Waals surface area contributed by atoms with E-state index in [-0.39, 0.29) is 11.9 Å². The largest absolute Gasteiger partial charge is 0.355 e. The highest BCUT2D eigenvalue weighted by molar-refractivity contribution is 7.99. The van der Waals surface area contributed by atoms with E-state index < -0.39 is 0 Å². The fraction of sp³-hybridized carbons (Fsp3) is 0.462. The van der Waals surface area contributed by atoms with Crippen LogP contribution in [0.25, 0.3) is 0 Å². The van der Waals surface area contributed by atoms with E-state index in [2.05, 4.69) is 17.4 Å². The van der Waals surface area contributed by atoms with Crippen LogP contribution in [-0.4, -0.2) is 24.2 Å². The van der Waals surface area contributed by atoms with E-state index >= 15 is 0 Å². The van der Waals surface area contributed by atoms with E-state index in [0.29, 0.717) is 13.0 Å². The van der Waals surface area contributed by atoms with Crippen molar-refractivity contribution >= 4 is 17.7 Å². The molecule has 0 aromatic heterocycles. The van der Waals surface area contributed by atoms with Crippen molar-refractivity contribution in [3.05, 3.63) is 30.3 Å². The summed E-state index contributed by atoms with van der Waals surface area (Å²) in [4.78, 5) is 12.6. The van der Waals surface area contributed by atoms with E-state index in [1.165, 1.54) is 4.90 Å². The summed E-state index contributed by atoms with van der Waals surface area (Å²) in [6.45, 7) is 2.62. The Bertz CT molecular complexity index is 327. The van der Waals surface area contributed by atoms with Gasteiger partial charge < -0.3 is 11.1 Å². The zero-order chi connectivity index (χ0) is 12.5. The van der Waals surface area contributed by atoms with Crippen molar-refractivity contribution < 1.29 is 4.79 Å². The molecular weight excluding hydrogens is 232 g/mol. The predicted octanol–water partition coefficient (Wildman–Crippen LogP) is 2.02. The van der Waals surface area contributed by atoms with Gasteiger partial charge in [0.1, 0.15) is 0 Å². The fourth-order valence-electron chi connectivity index (χ4n) is 1.32. The van der Waals surface area contributed by atoms with Crippen molar-refractivity contribution in [3.8, 4) is 0 Å². The number of hydrogen-bond donors (Lipinski definition) is 2. The summed E-state index contributed by atoms with van der Waals surface area (Å²) < 4.78 is 0. The molecule has 0 heterocycles. The first-order valence-corrected chi connectivity index (χ1v) is 6.87. The number of nitrogens with two attached hydrogens (primary N) is 1. The molecular formula is C13H20N2OS. The van der Waals surface area contributed by atoms with Crippen LogP contribution < -0.4 is 11.1 Å². The first-order chi connectivity index (χ1) is 8.18. The molecule has 4 heteroatoms. The summed E-state index contributed by atoms with van der Waals surface area (Å²) in [7, 11) is 0. The van der Waals surface area contributed by atoms with E-state index in [4.69, 9.17) is 5.73 Å². The van der Waals surface area contributed by atoms with Gasteiger partial charge in [0.25, 0.3) is 0 Å². The van der Waals surface area contributed by atoms with Gasteiger partial charge in [-0.15, -0.1) is 11.8 Å². The van der Waals surface area contributed by atoms with Crippen LogP contribution in [0.4, 0.5) is 0 Å². The molecule has 1 amide bonds. The highest BCUT2D eigenvalue weighted by atomic mass is 32.2. The minimum atomic E-state index is 0.0935. The Morgan fingerprint density at radius 1 is 1.41 bits per heavy atom. The lowest BCUT2D eigenvalue weighted by Crippen LogP contribution is -2.27. The van der Waals surface area contributed by atoms with Crippen LogP contribution in [0.15, 0.2) is 35.2 Å². The Morgan fingerprint density at radius 2 is 2.12 bits per heavy atom. The minimum absolute atomic E-state index is 0.0935. The molecule has 0 saturated carbocycles. The number of rotatable bonds is 7. The monoisotopic (exact) mass is 252 g/mol. The summed E-state index contributed by atoms with van der Waals surface area (Å²) in [5, 5.41) is 2.89. The van der Waals surface area contributed by atoms with Crippen LogP contribution in [0.1, 0.15) is 19.8 Å². The van der Waals surface area contributed by atoms with Crippen molar-refractivity contribution in [2.24, 2.45) is 5.73 Å². The number of thioether (sulfide) groups is 1. The lowest BCUT2D eigenvalue weighted by atomic mass is 10.2. The molecule has 1 aromatic carbocycles. The van der Waals surface area contributed by atoms with Gasteiger partial charge in [-0.25, -0.2) is 0 Å². The number of nitrogens with one attached hydrogen (secondary N) is 1. The average Bonchev–Trinajstić information content (AvgIpc) is 2.33. The van der Waals surface area contributed by atoms with Crippen LogP contribution in [0.3, 0.4) is 0 Å². The zero-order valence-corrected chi connectivity index (χ0v) is 11.0. The summed E-state index contributed by atoms with van der Waals surface area (Å²) in [5.74, 6) is 0.990. The lowest BCUT2D eigenvalue weighted by molar-refractivity contribution is -0.121. The first-order valence-electron chi connectivity index (χ1n) is 5.88. The van der Waals surface area contributed by atoms with E-state index in [9.17, 15) is 4.79 Å². The molecule has 0 aliphatic rings. The van der Waals surface area contributed by atoms with Gasteiger partial charge >= 0.3 is 0 Å². The fourth-order valence-corrected chi connectivity index (χ4v) is 2.11. The van der Waals surface area contributed by atoms with Gasteiger partial charge in [-0.2, -0.15) is 0 Å². The minimum Gasteiger partial charge on any atom is -0.355 e. The molecule has 0 bridgehead atoms. The van der Waals surface area contributed by atoms with Crippen LogP contribution in [0.2, 0.25) is 0 Å². The maximum Gasteiger partial charge on any atom is 0.220 e. The summed E-state index contributed by atoms with van der Waals surface area (Å²) >= 11 is 1.75. The molecule has 1 rings (SSSR count). The summed E-state index contributed by atoms with van der Waals surface area (Å²) in [5.41, 5.74) is 5.59. The second-order valence-electron chi connectivity index (χ2n) is 4.03. The van der Waals surface area contributed by atoms with Gasteiger partial charge in [0.2, 0.25) is 5.91 Å². The lowest BCUT2D eigenvalue weighted by Gasteiger charge is -2.06. The zero-order valence-electron chi connectivity index (χ0n) is 10.2. The van der Waals surface area contributed by atoms with Crippen molar-refractivity contribution in [2.75, 3.05) is 12.3 Å². The van der Waals surface area contributed by atoms with Gasteiger partial charge in [-0.3, -0.25) is 4.79 Å². The second kappa shape index (κ2) is 8.14. The van der Waals surface area contributed by atoms with Crippen LogP contribution in [0.5, 0.6) is 0 Å². The Hall–Kier alpha value is -1.00. The predicted molar refractivity (Wildman–Crippen MR) is 73.1 cm³/mol. The molecule has 0 spiro atoms. The number of carbonyl (C=O) groups is 1. The standard InChI is InChI=1S/C13H20N2OS/c1-11(14)7-8-13(16)15-9-10-17-12-5-3-2-4-6-12/h2-6,11H,7-10,14H2,1H3,(H,15,16). The third-order valence-electron chi connectivity index (χ3n) is 2.26. The van der Waals surface area contributed by atoms with Crippen molar-refractivity contribution in [1.29, 1.82) is 0 Å². The Labute approximate surface area is 107 Å². The van der Waals surface area contributed by atoms with Gasteiger partial charge in [0, 0.05) is 29.7 Å². The van der Waals surface area contributed by atoms with E-state index in [0.717, 1.165) is 12.2 Å². The molecule has 1 atom stereocenters. The maximum atomic E-state index is 11.4. The molecule has 0 radical (unpaired) electrons. The molecule has 3 nitrogen and oxygen atoms in total. The van der Waals surface area contributed by atoms with Crippen LogP contribution >= 0.6 is 11.8 Å². The Kier molecular flexibility index (Phi) is 6.74. The van der Waals surface area contributed by atoms with E-state index in [1.54, 1.807) is 11.8 Å². The van der Waals surface area contributed by atoms with Gasteiger partial charge in [-0.1, -0.05) is 18.2 Å². The Morgan fingerprint density at radius 3 is 2.76 bits per heavy atom.